The molecule has 2 bridgehead atoms. The monoisotopic (exact) mass is 374 g/mol. The number of pyridine rings is 1. The number of carbonyl (C=O) groups is 1. The molecule has 0 radical (unpaired) electrons. The van der Waals surface area contributed by atoms with E-state index in [1.807, 2.05) is 48.7 Å². The number of carbonyl (C=O) groups excluding carboxylic acids is 1. The molecule has 2 aromatic heterocycles. The summed E-state index contributed by atoms with van der Waals surface area (Å²) >= 11 is 0. The van der Waals surface area contributed by atoms with E-state index in [9.17, 15) is 4.79 Å². The van der Waals surface area contributed by atoms with Crippen LogP contribution in [0.5, 0.6) is 0 Å². The molecule has 6 nitrogen and oxygen atoms in total. The molecule has 1 atom stereocenters. The second kappa shape index (κ2) is 7.20. The third-order valence-electron chi connectivity index (χ3n) is 6.05. The van der Waals surface area contributed by atoms with Crippen LogP contribution >= 0.6 is 0 Å². The van der Waals surface area contributed by atoms with Crippen LogP contribution < -0.4 is 10.2 Å². The number of benzene rings is 1. The first kappa shape index (κ1) is 17.1. The summed E-state index contributed by atoms with van der Waals surface area (Å²) in [5.74, 6) is 0.562. The van der Waals surface area contributed by atoms with Gasteiger partial charge in [0.15, 0.2) is 0 Å². The van der Waals surface area contributed by atoms with Gasteiger partial charge in [0.25, 0.3) is 5.91 Å². The fourth-order valence-corrected chi connectivity index (χ4v) is 4.52. The Morgan fingerprint density at radius 2 is 1.93 bits per heavy atom. The molecule has 0 spiro atoms. The predicted molar refractivity (Wildman–Crippen MR) is 106 cm³/mol. The highest BCUT2D eigenvalue weighted by molar-refractivity contribution is 6.00. The highest BCUT2D eigenvalue weighted by Gasteiger charge is 2.38. The minimum Gasteiger partial charge on any atom is -0.343 e. The number of piperidine rings is 3. The Labute approximate surface area is 164 Å². The van der Waals surface area contributed by atoms with E-state index in [1.165, 1.54) is 25.9 Å². The number of rotatable bonds is 4. The zero-order valence-electron chi connectivity index (χ0n) is 15.7. The first-order valence-electron chi connectivity index (χ1n) is 9.98. The van der Waals surface area contributed by atoms with Gasteiger partial charge in [-0.25, -0.2) is 4.68 Å². The highest BCUT2D eigenvalue weighted by atomic mass is 16.1. The molecule has 142 valence electrons. The molecule has 3 aromatic rings. The number of hydrogen-bond donors (Lipinski definition) is 2. The fourth-order valence-electron chi connectivity index (χ4n) is 4.52. The Kier molecular flexibility index (Phi) is 4.41. The van der Waals surface area contributed by atoms with E-state index < -0.39 is 0 Å². The van der Waals surface area contributed by atoms with Crippen LogP contribution in [0.15, 0.2) is 61.1 Å². The first-order valence-corrected chi connectivity index (χ1v) is 9.98. The van der Waals surface area contributed by atoms with E-state index in [0.717, 1.165) is 17.8 Å². The van der Waals surface area contributed by atoms with Gasteiger partial charge in [-0.3, -0.25) is 9.78 Å². The summed E-state index contributed by atoms with van der Waals surface area (Å²) in [5, 5.41) is 8.03. The number of fused-ring (bicyclic) bond motifs is 3. The molecule has 3 aliphatic heterocycles. The van der Waals surface area contributed by atoms with Crippen LogP contribution in [0, 0.1) is 5.92 Å². The Morgan fingerprint density at radius 3 is 2.61 bits per heavy atom. The number of nitrogens with zero attached hydrogens (tertiary/aromatic N) is 3. The molecule has 3 aliphatic rings. The molecule has 2 N–H and O–H groups in total. The lowest BCUT2D eigenvalue weighted by atomic mass is 9.84. The largest absolute Gasteiger partial charge is 0.343 e. The van der Waals surface area contributed by atoms with Crippen LogP contribution in [0.3, 0.4) is 0 Å². The normalized spacial score (nSPS) is 23.5. The van der Waals surface area contributed by atoms with Crippen LogP contribution in [-0.4, -0.2) is 46.3 Å². The molecule has 0 aliphatic carbocycles. The van der Waals surface area contributed by atoms with Crippen molar-refractivity contribution >= 4 is 5.91 Å². The molecule has 6 rings (SSSR count). The third kappa shape index (κ3) is 3.20. The Bertz CT molecular complexity index is 961. The first-order chi connectivity index (χ1) is 13.8. The maximum Gasteiger partial charge on any atom is 0.255 e. The summed E-state index contributed by atoms with van der Waals surface area (Å²) in [6.07, 6.45) is 7.74. The van der Waals surface area contributed by atoms with Crippen molar-refractivity contribution in [2.45, 2.75) is 18.9 Å². The van der Waals surface area contributed by atoms with Crippen molar-refractivity contribution in [1.29, 1.82) is 0 Å². The maximum absolute atomic E-state index is 13.2. The number of para-hydroxylation sites is 1. The van der Waals surface area contributed by atoms with Gasteiger partial charge >= 0.3 is 0 Å². The minimum atomic E-state index is -0.0424. The maximum atomic E-state index is 13.2. The van der Waals surface area contributed by atoms with Crippen LogP contribution in [0.2, 0.25) is 0 Å². The highest BCUT2D eigenvalue weighted by Crippen LogP contribution is 2.24. The molecule has 1 amide bonds. The summed E-state index contributed by atoms with van der Waals surface area (Å²) in [5.41, 5.74) is 3.05. The third-order valence-corrected chi connectivity index (χ3v) is 6.05. The summed E-state index contributed by atoms with van der Waals surface area (Å²) in [6, 6.07) is 13.9. The quantitative estimate of drug-likeness (QED) is 0.724. The molecule has 0 unspecified atom stereocenters. The molecule has 5 heterocycles. The van der Waals surface area contributed by atoms with Crippen LogP contribution in [-0.2, 0) is 0 Å². The topological polar surface area (TPSA) is 64.2 Å². The van der Waals surface area contributed by atoms with Gasteiger partial charge in [0.05, 0.1) is 36.9 Å². The average Bonchev–Trinajstić information content (AvgIpc) is 3.22. The van der Waals surface area contributed by atoms with Gasteiger partial charge in [0.2, 0.25) is 0 Å². The summed E-state index contributed by atoms with van der Waals surface area (Å²) in [4.78, 5) is 19.1. The van der Waals surface area contributed by atoms with E-state index in [2.05, 4.69) is 10.3 Å². The average molecular weight is 374 g/mol. The van der Waals surface area contributed by atoms with Gasteiger partial charge in [0.1, 0.15) is 5.69 Å². The van der Waals surface area contributed by atoms with E-state index in [0.29, 0.717) is 17.2 Å². The number of aromatic nitrogens is 3. The van der Waals surface area contributed by atoms with Gasteiger partial charge in [-0.05, 0) is 30.2 Å². The number of amides is 1. The van der Waals surface area contributed by atoms with Crippen molar-refractivity contribution in [2.75, 3.05) is 19.6 Å². The number of hydrogen-bond acceptors (Lipinski definition) is 3. The van der Waals surface area contributed by atoms with Crippen molar-refractivity contribution < 1.29 is 9.69 Å². The standard InChI is InChI=1S/C22H23N5O/c28-22(24-20-15-26-11-8-16(20)9-12-26)19-14-27(18-6-2-1-3-7-18)25-21(19)17-5-4-10-23-13-17/h1-7,10,13-14,16,20H,8-9,11-12,15H2,(H,24,28)/p+1/t20-/m1/s1. The lowest BCUT2D eigenvalue weighted by molar-refractivity contribution is -0.917. The van der Waals surface area contributed by atoms with E-state index in [1.54, 1.807) is 22.0 Å². The lowest BCUT2D eigenvalue weighted by Crippen LogP contribution is -3.17. The number of nitrogens with one attached hydrogen (secondary N) is 2. The zero-order valence-corrected chi connectivity index (χ0v) is 15.7. The van der Waals surface area contributed by atoms with Gasteiger partial charge < -0.3 is 10.2 Å². The molecule has 1 aromatic carbocycles. The van der Waals surface area contributed by atoms with Gasteiger partial charge in [0, 0.05) is 37.0 Å². The van der Waals surface area contributed by atoms with Crippen molar-refractivity contribution in [2.24, 2.45) is 5.92 Å². The lowest BCUT2D eigenvalue weighted by Gasteiger charge is -2.42. The van der Waals surface area contributed by atoms with E-state index in [4.69, 9.17) is 5.10 Å². The molecule has 3 fully saturated rings. The second-order valence-corrected chi connectivity index (χ2v) is 7.78. The Balaban J connectivity index is 1.48. The summed E-state index contributed by atoms with van der Waals surface area (Å²) in [6.45, 7) is 3.51. The summed E-state index contributed by atoms with van der Waals surface area (Å²) in [7, 11) is 0. The fraction of sp³-hybridized carbons (Fsp3) is 0.318. The van der Waals surface area contributed by atoms with Crippen molar-refractivity contribution in [1.82, 2.24) is 20.1 Å². The van der Waals surface area contributed by atoms with E-state index in [-0.39, 0.29) is 11.9 Å². The van der Waals surface area contributed by atoms with E-state index >= 15 is 0 Å². The molecular formula is C22H24N5O+. The van der Waals surface area contributed by atoms with Crippen molar-refractivity contribution in [3.8, 4) is 16.9 Å². The van der Waals surface area contributed by atoms with Gasteiger partial charge in [-0.1, -0.05) is 18.2 Å². The smallest absolute Gasteiger partial charge is 0.255 e. The predicted octanol–water partition coefficient (Wildman–Crippen LogP) is 1.34. The molecular weight excluding hydrogens is 350 g/mol. The Morgan fingerprint density at radius 1 is 1.11 bits per heavy atom. The SMILES string of the molecule is O=C(N[C@@H]1C[NH+]2CCC1CC2)c1cn(-c2ccccc2)nc1-c1cccnc1. The molecule has 3 saturated heterocycles. The summed E-state index contributed by atoms with van der Waals surface area (Å²) < 4.78 is 1.78. The van der Waals surface area contributed by atoms with Crippen LogP contribution in [0.25, 0.3) is 16.9 Å². The van der Waals surface area contributed by atoms with Gasteiger partial charge in [-0.2, -0.15) is 5.10 Å². The van der Waals surface area contributed by atoms with Crippen molar-refractivity contribution in [3.05, 3.63) is 66.6 Å². The molecule has 28 heavy (non-hydrogen) atoms. The van der Waals surface area contributed by atoms with Crippen molar-refractivity contribution in [3.63, 3.8) is 0 Å². The van der Waals surface area contributed by atoms with Crippen LogP contribution in [0.4, 0.5) is 0 Å². The minimum absolute atomic E-state index is 0.0424. The zero-order chi connectivity index (χ0) is 18.9. The molecule has 0 saturated carbocycles. The Hall–Kier alpha value is -2.99. The molecule has 6 heteroatoms. The second-order valence-electron chi connectivity index (χ2n) is 7.78. The number of quaternary nitrogens is 1. The van der Waals surface area contributed by atoms with Crippen LogP contribution in [0.1, 0.15) is 23.2 Å². The van der Waals surface area contributed by atoms with Gasteiger partial charge in [-0.15, -0.1) is 0 Å².